The Bertz CT molecular complexity index is 405. The van der Waals surface area contributed by atoms with Crippen molar-refractivity contribution < 1.29 is 4.79 Å². The van der Waals surface area contributed by atoms with Crippen LogP contribution in [0.15, 0.2) is 18.2 Å². The SMILES string of the molecule is CCc1cccc(CC)c1NCC(=O)NCCC(C)C. The van der Waals surface area contributed by atoms with Gasteiger partial charge in [0.1, 0.15) is 0 Å². The molecule has 0 aliphatic rings. The lowest BCUT2D eigenvalue weighted by Gasteiger charge is -2.15. The summed E-state index contributed by atoms with van der Waals surface area (Å²) in [7, 11) is 0. The summed E-state index contributed by atoms with van der Waals surface area (Å²) in [4.78, 5) is 11.8. The molecule has 0 heterocycles. The predicted molar refractivity (Wildman–Crippen MR) is 86.2 cm³/mol. The number of hydrogen-bond acceptors (Lipinski definition) is 2. The second kappa shape index (κ2) is 8.62. The van der Waals surface area contributed by atoms with Gasteiger partial charge in [-0.3, -0.25) is 4.79 Å². The van der Waals surface area contributed by atoms with E-state index in [1.165, 1.54) is 11.1 Å². The first-order valence-corrected chi connectivity index (χ1v) is 7.69. The molecule has 112 valence electrons. The molecular formula is C17H28N2O. The van der Waals surface area contributed by atoms with Crippen molar-refractivity contribution in [3.63, 3.8) is 0 Å². The molecule has 1 amide bonds. The third kappa shape index (κ3) is 5.24. The van der Waals surface area contributed by atoms with E-state index in [2.05, 4.69) is 56.5 Å². The molecular weight excluding hydrogens is 248 g/mol. The first-order chi connectivity index (χ1) is 9.58. The molecule has 1 rings (SSSR count). The monoisotopic (exact) mass is 276 g/mol. The van der Waals surface area contributed by atoms with Gasteiger partial charge in [-0.05, 0) is 36.3 Å². The highest BCUT2D eigenvalue weighted by atomic mass is 16.1. The van der Waals surface area contributed by atoms with Crippen LogP contribution in [-0.2, 0) is 17.6 Å². The first-order valence-electron chi connectivity index (χ1n) is 7.69. The minimum atomic E-state index is 0.0682. The summed E-state index contributed by atoms with van der Waals surface area (Å²) in [5.74, 6) is 0.689. The molecule has 2 N–H and O–H groups in total. The van der Waals surface area contributed by atoms with Gasteiger partial charge in [0, 0.05) is 12.2 Å². The van der Waals surface area contributed by atoms with Crippen molar-refractivity contribution >= 4 is 11.6 Å². The number of nitrogens with one attached hydrogen (secondary N) is 2. The van der Waals surface area contributed by atoms with E-state index in [4.69, 9.17) is 0 Å². The van der Waals surface area contributed by atoms with Gasteiger partial charge in [-0.25, -0.2) is 0 Å². The summed E-state index contributed by atoms with van der Waals surface area (Å²) < 4.78 is 0. The second-order valence-electron chi connectivity index (χ2n) is 5.54. The minimum absolute atomic E-state index is 0.0682. The van der Waals surface area contributed by atoms with Gasteiger partial charge in [-0.2, -0.15) is 0 Å². The molecule has 3 heteroatoms. The molecule has 0 saturated carbocycles. The van der Waals surface area contributed by atoms with Gasteiger partial charge in [0.2, 0.25) is 5.91 Å². The van der Waals surface area contributed by atoms with Crippen LogP contribution in [-0.4, -0.2) is 19.0 Å². The van der Waals surface area contributed by atoms with Gasteiger partial charge >= 0.3 is 0 Å². The van der Waals surface area contributed by atoms with Crippen LogP contribution in [0.3, 0.4) is 0 Å². The maximum atomic E-state index is 11.8. The van der Waals surface area contributed by atoms with Crippen molar-refractivity contribution in [2.45, 2.75) is 47.0 Å². The van der Waals surface area contributed by atoms with Crippen LogP contribution in [0, 0.1) is 5.92 Å². The third-order valence-electron chi connectivity index (χ3n) is 3.47. The van der Waals surface area contributed by atoms with E-state index in [0.717, 1.165) is 31.5 Å². The van der Waals surface area contributed by atoms with Crippen LogP contribution in [0.25, 0.3) is 0 Å². The summed E-state index contributed by atoms with van der Waals surface area (Å²) in [6.07, 6.45) is 2.98. The van der Waals surface area contributed by atoms with Gasteiger partial charge < -0.3 is 10.6 Å². The van der Waals surface area contributed by atoms with Crippen LogP contribution in [0.4, 0.5) is 5.69 Å². The Morgan fingerprint density at radius 1 is 1.15 bits per heavy atom. The van der Waals surface area contributed by atoms with E-state index in [1.807, 2.05) is 0 Å². The zero-order valence-corrected chi connectivity index (χ0v) is 13.3. The number of carbonyl (C=O) groups excluding carboxylic acids is 1. The Morgan fingerprint density at radius 2 is 1.75 bits per heavy atom. The lowest BCUT2D eigenvalue weighted by molar-refractivity contribution is -0.119. The van der Waals surface area contributed by atoms with E-state index in [9.17, 15) is 4.79 Å². The predicted octanol–water partition coefficient (Wildman–Crippen LogP) is 3.39. The molecule has 0 bridgehead atoms. The van der Waals surface area contributed by atoms with Gasteiger partial charge in [0.05, 0.1) is 6.54 Å². The summed E-state index contributed by atoms with van der Waals surface area (Å²) >= 11 is 0. The zero-order chi connectivity index (χ0) is 15.0. The topological polar surface area (TPSA) is 41.1 Å². The number of aryl methyl sites for hydroxylation is 2. The van der Waals surface area contributed by atoms with Crippen molar-refractivity contribution in [2.75, 3.05) is 18.4 Å². The molecule has 0 radical (unpaired) electrons. The van der Waals surface area contributed by atoms with E-state index < -0.39 is 0 Å². The third-order valence-corrected chi connectivity index (χ3v) is 3.47. The number of para-hydroxylation sites is 1. The fourth-order valence-corrected chi connectivity index (χ4v) is 2.20. The van der Waals surface area contributed by atoms with Crippen molar-refractivity contribution in [2.24, 2.45) is 5.92 Å². The molecule has 20 heavy (non-hydrogen) atoms. The Balaban J connectivity index is 2.54. The van der Waals surface area contributed by atoms with Gasteiger partial charge in [-0.1, -0.05) is 45.9 Å². The normalized spacial score (nSPS) is 10.7. The number of hydrogen-bond donors (Lipinski definition) is 2. The van der Waals surface area contributed by atoms with Crippen molar-refractivity contribution in [3.05, 3.63) is 29.3 Å². The molecule has 0 saturated heterocycles. The number of carbonyl (C=O) groups is 1. The molecule has 1 aromatic rings. The molecule has 0 fully saturated rings. The van der Waals surface area contributed by atoms with Crippen LogP contribution in [0.5, 0.6) is 0 Å². The Labute approximate surface area is 123 Å². The van der Waals surface area contributed by atoms with E-state index >= 15 is 0 Å². The number of benzene rings is 1. The summed E-state index contributed by atoms with van der Waals surface area (Å²) in [5, 5.41) is 6.27. The number of amides is 1. The molecule has 0 atom stereocenters. The van der Waals surface area contributed by atoms with Crippen LogP contribution < -0.4 is 10.6 Å². The Hall–Kier alpha value is -1.51. The van der Waals surface area contributed by atoms with Crippen molar-refractivity contribution in [3.8, 4) is 0 Å². The molecule has 0 unspecified atom stereocenters. The smallest absolute Gasteiger partial charge is 0.239 e. The van der Waals surface area contributed by atoms with Gasteiger partial charge in [0.15, 0.2) is 0 Å². The highest BCUT2D eigenvalue weighted by Gasteiger charge is 2.07. The summed E-state index contributed by atoms with van der Waals surface area (Å²) in [6, 6.07) is 6.34. The molecule has 0 aliphatic carbocycles. The highest BCUT2D eigenvalue weighted by Crippen LogP contribution is 2.22. The largest absolute Gasteiger partial charge is 0.376 e. The lowest BCUT2D eigenvalue weighted by Crippen LogP contribution is -2.31. The minimum Gasteiger partial charge on any atom is -0.376 e. The van der Waals surface area contributed by atoms with Crippen LogP contribution in [0.2, 0.25) is 0 Å². The molecule has 0 spiro atoms. The number of anilines is 1. The van der Waals surface area contributed by atoms with Gasteiger partial charge in [-0.15, -0.1) is 0 Å². The van der Waals surface area contributed by atoms with Crippen LogP contribution in [0.1, 0.15) is 45.2 Å². The fourth-order valence-electron chi connectivity index (χ4n) is 2.20. The standard InChI is InChI=1S/C17H28N2O/c1-5-14-8-7-9-15(6-2)17(14)19-12-16(20)18-11-10-13(3)4/h7-9,13,19H,5-6,10-12H2,1-4H3,(H,18,20). The molecule has 1 aromatic carbocycles. The maximum Gasteiger partial charge on any atom is 0.239 e. The highest BCUT2D eigenvalue weighted by molar-refractivity contribution is 5.81. The van der Waals surface area contributed by atoms with E-state index in [0.29, 0.717) is 12.5 Å². The molecule has 3 nitrogen and oxygen atoms in total. The zero-order valence-electron chi connectivity index (χ0n) is 13.3. The Morgan fingerprint density at radius 3 is 2.25 bits per heavy atom. The van der Waals surface area contributed by atoms with Crippen LogP contribution >= 0.6 is 0 Å². The molecule has 0 aromatic heterocycles. The summed E-state index contributed by atoms with van der Waals surface area (Å²) in [6.45, 7) is 9.71. The average molecular weight is 276 g/mol. The second-order valence-corrected chi connectivity index (χ2v) is 5.54. The van der Waals surface area contributed by atoms with E-state index in [1.54, 1.807) is 0 Å². The maximum absolute atomic E-state index is 11.8. The average Bonchev–Trinajstić information content (AvgIpc) is 2.44. The van der Waals surface area contributed by atoms with Crippen molar-refractivity contribution in [1.82, 2.24) is 5.32 Å². The quantitative estimate of drug-likeness (QED) is 0.764. The lowest BCUT2D eigenvalue weighted by atomic mass is 10.0. The summed E-state index contributed by atoms with van der Waals surface area (Å²) in [5.41, 5.74) is 3.69. The first kappa shape index (κ1) is 16.5. The van der Waals surface area contributed by atoms with Crippen molar-refractivity contribution in [1.29, 1.82) is 0 Å². The number of rotatable bonds is 8. The van der Waals surface area contributed by atoms with E-state index in [-0.39, 0.29) is 5.91 Å². The fraction of sp³-hybridized carbons (Fsp3) is 0.588. The molecule has 0 aliphatic heterocycles. The van der Waals surface area contributed by atoms with Gasteiger partial charge in [0.25, 0.3) is 0 Å². The Kier molecular flexibility index (Phi) is 7.13.